The van der Waals surface area contributed by atoms with E-state index in [4.69, 9.17) is 10.1 Å². The molecular formula is C23H22N4O3S2. The first-order chi connectivity index (χ1) is 15.3. The molecule has 0 radical (unpaired) electrons. The summed E-state index contributed by atoms with van der Waals surface area (Å²) in [5.41, 5.74) is 3.30. The Morgan fingerprint density at radius 1 is 1.09 bits per heavy atom. The third-order valence-corrected chi connectivity index (χ3v) is 8.85. The number of aryl methyl sites for hydroxylation is 1. The number of sulfone groups is 1. The summed E-state index contributed by atoms with van der Waals surface area (Å²) in [6.45, 7) is 3.28. The fraction of sp³-hybridized carbons (Fsp3) is 0.261. The molecule has 2 aromatic carbocycles. The van der Waals surface area contributed by atoms with Gasteiger partial charge in [0.1, 0.15) is 5.82 Å². The lowest BCUT2D eigenvalue weighted by atomic mass is 10.2. The maximum Gasteiger partial charge on any atom is 0.256 e. The van der Waals surface area contributed by atoms with Gasteiger partial charge in [0.05, 0.1) is 26.1 Å². The Morgan fingerprint density at radius 2 is 1.84 bits per heavy atom. The lowest BCUT2D eigenvalue weighted by Gasteiger charge is -2.10. The van der Waals surface area contributed by atoms with Crippen molar-refractivity contribution < 1.29 is 13.2 Å². The van der Waals surface area contributed by atoms with Gasteiger partial charge in [0.2, 0.25) is 5.13 Å². The number of amides is 1. The molecule has 5 rings (SSSR count). The molecule has 0 saturated carbocycles. The minimum atomic E-state index is -3.39. The number of rotatable bonds is 5. The molecule has 0 fully saturated rings. The van der Waals surface area contributed by atoms with Gasteiger partial charge in [-0.15, -0.1) is 0 Å². The predicted octanol–water partition coefficient (Wildman–Crippen LogP) is 4.41. The van der Waals surface area contributed by atoms with Crippen LogP contribution in [0.5, 0.6) is 0 Å². The van der Waals surface area contributed by atoms with Crippen LogP contribution in [0, 0.1) is 0 Å². The van der Waals surface area contributed by atoms with Gasteiger partial charge >= 0.3 is 0 Å². The second kappa shape index (κ2) is 7.83. The molecule has 0 bridgehead atoms. The molecule has 0 spiro atoms. The molecule has 0 saturated heterocycles. The number of para-hydroxylation sites is 1. The Morgan fingerprint density at radius 3 is 2.56 bits per heavy atom. The number of thiazole rings is 1. The van der Waals surface area contributed by atoms with E-state index in [0.717, 1.165) is 40.7 Å². The first-order valence-electron chi connectivity index (χ1n) is 10.5. The van der Waals surface area contributed by atoms with Crippen LogP contribution in [0.15, 0.2) is 53.4 Å². The van der Waals surface area contributed by atoms with Gasteiger partial charge in [-0.1, -0.05) is 23.5 Å². The second-order valence-electron chi connectivity index (χ2n) is 8.08. The topological polar surface area (TPSA) is 94.0 Å². The number of fused-ring (bicyclic) bond motifs is 2. The Labute approximate surface area is 190 Å². The third-order valence-electron chi connectivity index (χ3n) is 5.67. The summed E-state index contributed by atoms with van der Waals surface area (Å²) in [4.78, 5) is 17.9. The molecule has 9 heteroatoms. The number of nitrogens with one attached hydrogen (secondary N) is 1. The Hall–Kier alpha value is -3.04. The highest BCUT2D eigenvalue weighted by atomic mass is 32.2. The number of hydrogen-bond acceptors (Lipinski definition) is 6. The van der Waals surface area contributed by atoms with Crippen LogP contribution in [-0.2, 0) is 22.7 Å². The first-order valence-corrected chi connectivity index (χ1v) is 12.8. The first kappa shape index (κ1) is 20.8. The zero-order valence-electron chi connectivity index (χ0n) is 17.7. The van der Waals surface area contributed by atoms with Crippen molar-refractivity contribution in [3.63, 3.8) is 0 Å². The molecule has 2 aromatic heterocycles. The third kappa shape index (κ3) is 3.51. The van der Waals surface area contributed by atoms with Gasteiger partial charge in [0, 0.05) is 11.1 Å². The van der Waals surface area contributed by atoms with Crippen molar-refractivity contribution in [1.82, 2.24) is 14.8 Å². The molecular weight excluding hydrogens is 444 g/mol. The standard InChI is InChI=1S/C23H22N4O3S2/c1-14(2)32(29,30)16-12-10-15(11-13-16)22(28)25-21-17-6-5-8-18(17)26-27(21)23-24-19-7-3-4-9-20(19)31-23/h3-4,7,9-14H,5-6,8H2,1-2H3,(H,25,28). The number of carbonyl (C=O) groups excluding carboxylic acids is 1. The van der Waals surface area contributed by atoms with Crippen LogP contribution in [-0.4, -0.2) is 34.3 Å². The van der Waals surface area contributed by atoms with E-state index < -0.39 is 15.1 Å². The number of carbonyl (C=O) groups is 1. The van der Waals surface area contributed by atoms with E-state index in [1.165, 1.54) is 23.5 Å². The summed E-state index contributed by atoms with van der Waals surface area (Å²) in [5, 5.41) is 7.93. The monoisotopic (exact) mass is 466 g/mol. The van der Waals surface area contributed by atoms with Gasteiger partial charge in [-0.25, -0.2) is 13.4 Å². The lowest BCUT2D eigenvalue weighted by Crippen LogP contribution is -2.17. The molecule has 2 heterocycles. The summed E-state index contributed by atoms with van der Waals surface area (Å²) in [6, 6.07) is 13.9. The minimum Gasteiger partial charge on any atom is -0.306 e. The van der Waals surface area contributed by atoms with Crippen molar-refractivity contribution in [3.05, 3.63) is 65.4 Å². The van der Waals surface area contributed by atoms with Crippen molar-refractivity contribution in [2.24, 2.45) is 0 Å². The Bertz CT molecular complexity index is 1400. The smallest absolute Gasteiger partial charge is 0.256 e. The molecule has 1 amide bonds. The van der Waals surface area contributed by atoms with Gasteiger partial charge in [-0.3, -0.25) is 4.79 Å². The highest BCUT2D eigenvalue weighted by Gasteiger charge is 2.26. The van der Waals surface area contributed by atoms with Crippen molar-refractivity contribution in [1.29, 1.82) is 0 Å². The number of benzene rings is 2. The minimum absolute atomic E-state index is 0.212. The maximum atomic E-state index is 13.0. The van der Waals surface area contributed by atoms with Gasteiger partial charge in [0.25, 0.3) is 5.91 Å². The van der Waals surface area contributed by atoms with E-state index in [0.29, 0.717) is 16.5 Å². The van der Waals surface area contributed by atoms with Crippen LogP contribution in [0.3, 0.4) is 0 Å². The fourth-order valence-corrected chi connectivity index (χ4v) is 5.84. The summed E-state index contributed by atoms with van der Waals surface area (Å²) in [7, 11) is -3.39. The normalized spacial score (nSPS) is 13.6. The van der Waals surface area contributed by atoms with Crippen LogP contribution in [0.1, 0.15) is 41.9 Å². The van der Waals surface area contributed by atoms with Gasteiger partial charge in [0.15, 0.2) is 9.84 Å². The quantitative estimate of drug-likeness (QED) is 0.470. The van der Waals surface area contributed by atoms with Gasteiger partial charge < -0.3 is 5.32 Å². The molecule has 1 N–H and O–H groups in total. The summed E-state index contributed by atoms with van der Waals surface area (Å²) in [5.74, 6) is 0.330. The summed E-state index contributed by atoms with van der Waals surface area (Å²) in [6.07, 6.45) is 2.72. The van der Waals surface area contributed by atoms with E-state index in [1.54, 1.807) is 30.7 Å². The average Bonchev–Trinajstić information content (AvgIpc) is 3.48. The van der Waals surface area contributed by atoms with Crippen LogP contribution in [0.25, 0.3) is 15.3 Å². The summed E-state index contributed by atoms with van der Waals surface area (Å²) < 4.78 is 27.5. The largest absolute Gasteiger partial charge is 0.306 e. The molecule has 32 heavy (non-hydrogen) atoms. The van der Waals surface area contributed by atoms with Crippen molar-refractivity contribution in [2.45, 2.75) is 43.3 Å². The molecule has 0 aliphatic heterocycles. The SMILES string of the molecule is CC(C)S(=O)(=O)c1ccc(C(=O)Nc2c3c(nn2-c2nc4ccccc4s2)CCC3)cc1. The van der Waals surface area contributed by atoms with Crippen LogP contribution >= 0.6 is 11.3 Å². The van der Waals surface area contributed by atoms with Crippen LogP contribution in [0.2, 0.25) is 0 Å². The predicted molar refractivity (Wildman–Crippen MR) is 125 cm³/mol. The Balaban J connectivity index is 1.48. The van der Waals surface area contributed by atoms with E-state index in [-0.39, 0.29) is 10.8 Å². The molecule has 1 aliphatic carbocycles. The number of anilines is 1. The summed E-state index contributed by atoms with van der Waals surface area (Å²) >= 11 is 1.52. The average molecular weight is 467 g/mol. The second-order valence-corrected chi connectivity index (χ2v) is 11.6. The van der Waals surface area contributed by atoms with Crippen LogP contribution < -0.4 is 5.32 Å². The number of hydrogen-bond donors (Lipinski definition) is 1. The van der Waals surface area contributed by atoms with Crippen LogP contribution in [0.4, 0.5) is 5.82 Å². The van der Waals surface area contributed by atoms with Crippen molar-refractivity contribution in [2.75, 3.05) is 5.32 Å². The molecule has 7 nitrogen and oxygen atoms in total. The highest BCUT2D eigenvalue weighted by Crippen LogP contribution is 2.34. The molecule has 164 valence electrons. The van der Waals surface area contributed by atoms with Gasteiger partial charge in [-0.05, 0) is 69.5 Å². The van der Waals surface area contributed by atoms with E-state index in [9.17, 15) is 13.2 Å². The van der Waals surface area contributed by atoms with Gasteiger partial charge in [-0.2, -0.15) is 9.78 Å². The lowest BCUT2D eigenvalue weighted by molar-refractivity contribution is 0.102. The molecule has 4 aromatic rings. The van der Waals surface area contributed by atoms with Crippen molar-refractivity contribution >= 4 is 43.1 Å². The fourth-order valence-electron chi connectivity index (χ4n) is 3.86. The van der Waals surface area contributed by atoms with Crippen molar-refractivity contribution in [3.8, 4) is 5.13 Å². The zero-order chi connectivity index (χ0) is 22.5. The van der Waals surface area contributed by atoms with E-state index in [2.05, 4.69) is 5.32 Å². The number of aromatic nitrogens is 3. The highest BCUT2D eigenvalue weighted by molar-refractivity contribution is 7.92. The molecule has 0 atom stereocenters. The maximum absolute atomic E-state index is 13.0. The van der Waals surface area contributed by atoms with E-state index in [1.807, 2.05) is 24.3 Å². The molecule has 1 aliphatic rings. The molecule has 0 unspecified atom stereocenters. The Kier molecular flexibility index (Phi) is 5.10. The van der Waals surface area contributed by atoms with E-state index >= 15 is 0 Å². The zero-order valence-corrected chi connectivity index (χ0v) is 19.3. The number of nitrogens with zero attached hydrogens (tertiary/aromatic N) is 3.